The van der Waals surface area contributed by atoms with Crippen LogP contribution < -0.4 is 0 Å². The van der Waals surface area contributed by atoms with E-state index in [2.05, 4.69) is 0 Å². The molecule has 0 aromatic rings. The summed E-state index contributed by atoms with van der Waals surface area (Å²) in [6.07, 6.45) is 0. The molecule has 0 unspecified atom stereocenters. The third-order valence-corrected chi connectivity index (χ3v) is 0. The van der Waals surface area contributed by atoms with Gasteiger partial charge in [0.2, 0.25) is 0 Å². The Bertz CT molecular complexity index is 13.5. The van der Waals surface area contributed by atoms with Crippen molar-refractivity contribution in [3.8, 4) is 0 Å². The van der Waals surface area contributed by atoms with E-state index in [0.29, 0.717) is 0 Å². The molecule has 0 N–H and O–H groups in total. The summed E-state index contributed by atoms with van der Waals surface area (Å²) < 4.78 is 0. The van der Waals surface area contributed by atoms with Gasteiger partial charge in [0.05, 0.1) is 0 Å². The van der Waals surface area contributed by atoms with E-state index in [0.717, 1.165) is 0 Å². The molecule has 1 nitrogen and oxygen atoms in total. The van der Waals surface area contributed by atoms with Crippen LogP contribution in [0.1, 0.15) is 2.85 Å². The fourth-order valence-electron chi connectivity index (χ4n) is 0. The molecule has 0 saturated heterocycles. The van der Waals surface area contributed by atoms with Crippen molar-refractivity contribution in [2.45, 2.75) is 0 Å². The summed E-state index contributed by atoms with van der Waals surface area (Å²) in [7, 11) is 0. The molecule has 0 bridgehead atoms. The van der Waals surface area contributed by atoms with Crippen LogP contribution in [0, 0.1) is 35.6 Å². The predicted octanol–water partition coefficient (Wildman–Crippen LogP) is -0.277. The van der Waals surface area contributed by atoms with Crippen LogP contribution in [-0.2, 0) is 22.5 Å². The van der Waals surface area contributed by atoms with Crippen molar-refractivity contribution in [3.63, 3.8) is 0 Å². The second-order valence-electron chi connectivity index (χ2n) is 0. The standard InChI is InChI=1S/Cu.La.O.Sr.2H/q+2;;-2;+2;2*-1. The summed E-state index contributed by atoms with van der Waals surface area (Å²) in [5.74, 6) is 0. The van der Waals surface area contributed by atoms with Gasteiger partial charge in [-0.25, -0.2) is 0 Å². The van der Waals surface area contributed by atoms with Gasteiger partial charge in [0.1, 0.15) is 0 Å². The maximum absolute atomic E-state index is 0. The van der Waals surface area contributed by atoms with E-state index in [1.807, 2.05) is 0 Å². The quantitative estimate of drug-likeness (QED) is 0.551. The van der Waals surface area contributed by atoms with Crippen LogP contribution >= 0.6 is 0 Å². The molecule has 0 aromatic heterocycles. The molecule has 0 aliphatic heterocycles. The van der Waals surface area contributed by atoms with Gasteiger partial charge in [-0.05, 0) is 0 Å². The number of rotatable bonds is 0. The fraction of sp³-hybridized carbons (Fsp3) is 0. The van der Waals surface area contributed by atoms with E-state index in [1.54, 1.807) is 0 Å². The molecule has 0 rings (SSSR count). The summed E-state index contributed by atoms with van der Waals surface area (Å²) in [5.41, 5.74) is 0. The van der Waals surface area contributed by atoms with Crippen LogP contribution in [0.15, 0.2) is 0 Å². The minimum atomic E-state index is 0. The van der Waals surface area contributed by atoms with Crippen LogP contribution in [-0.4, -0.2) is 45.5 Å². The Morgan fingerprint density at radius 3 is 1.25 bits per heavy atom. The Balaban J connectivity index is 0. The second kappa shape index (κ2) is 16.4. The van der Waals surface area contributed by atoms with Crippen molar-refractivity contribution in [2.75, 3.05) is 0 Å². The number of hydrogen-bond donors (Lipinski definition) is 0. The third-order valence-electron chi connectivity index (χ3n) is 0. The molecule has 0 aliphatic rings. The van der Waals surface area contributed by atoms with Crippen LogP contribution in [0.4, 0.5) is 0 Å². The third kappa shape index (κ3) is 8.94. The maximum Gasteiger partial charge on any atom is 2.00 e. The summed E-state index contributed by atoms with van der Waals surface area (Å²) in [6, 6.07) is 0. The molecule has 0 aromatic carbocycles. The van der Waals surface area contributed by atoms with E-state index in [-0.39, 0.29) is 106 Å². The fourth-order valence-corrected chi connectivity index (χ4v) is 0. The maximum atomic E-state index is 0. The van der Waals surface area contributed by atoms with Gasteiger partial charge in [-0.3, -0.25) is 0 Å². The van der Waals surface area contributed by atoms with E-state index in [1.165, 1.54) is 0 Å². The summed E-state index contributed by atoms with van der Waals surface area (Å²) in [6.45, 7) is 0. The molecule has 0 spiro atoms. The molecular weight excluding hydrogens is 306 g/mol. The SMILES string of the molecule is [Cu+2].[H-].[H-].[La].[O-2].[Sr+2]. The molecule has 4 heteroatoms. The molecule has 0 amide bonds. The summed E-state index contributed by atoms with van der Waals surface area (Å²) in [5, 5.41) is 0. The van der Waals surface area contributed by atoms with Gasteiger partial charge in [-0.1, -0.05) is 0 Å². The predicted molar refractivity (Wildman–Crippen MR) is 8.66 cm³/mol. The zero-order valence-corrected chi connectivity index (χ0v) is 10.0. The van der Waals surface area contributed by atoms with Crippen molar-refractivity contribution < 1.29 is 61.0 Å². The Morgan fingerprint density at radius 1 is 1.25 bits per heavy atom. The largest absolute Gasteiger partial charge is 2.00 e. The van der Waals surface area contributed by atoms with Crippen molar-refractivity contribution >= 4 is 45.5 Å². The van der Waals surface area contributed by atoms with E-state index in [9.17, 15) is 0 Å². The molecule has 0 saturated carbocycles. The average Bonchev–Trinajstić information content (AvgIpc) is 0. The average molecular weight is 308 g/mol. The van der Waals surface area contributed by atoms with Crippen molar-refractivity contribution in [2.24, 2.45) is 0 Å². The smallest absolute Gasteiger partial charge is 2.00 e. The van der Waals surface area contributed by atoms with Gasteiger partial charge in [0.25, 0.3) is 0 Å². The van der Waals surface area contributed by atoms with E-state index in [4.69, 9.17) is 0 Å². The normalized spacial score (nSPS) is 0. The van der Waals surface area contributed by atoms with Crippen LogP contribution in [0.2, 0.25) is 0 Å². The van der Waals surface area contributed by atoms with Crippen molar-refractivity contribution in [1.82, 2.24) is 0 Å². The molecule has 24 valence electrons. The van der Waals surface area contributed by atoms with Crippen LogP contribution in [0.25, 0.3) is 0 Å². The van der Waals surface area contributed by atoms with Crippen molar-refractivity contribution in [3.05, 3.63) is 0 Å². The zero-order valence-electron chi connectivity index (χ0n) is 3.99. The molecular formula is H2CuLaOSr. The van der Waals surface area contributed by atoms with E-state index < -0.39 is 0 Å². The molecule has 4 heavy (non-hydrogen) atoms. The molecule has 0 aliphatic carbocycles. The topological polar surface area (TPSA) is 28.5 Å². The number of hydrogen-bond acceptors (Lipinski definition) is 0. The van der Waals surface area contributed by atoms with Gasteiger partial charge in [-0.2, -0.15) is 0 Å². The zero-order chi connectivity index (χ0) is 0. The molecule has 0 atom stereocenters. The van der Waals surface area contributed by atoms with Gasteiger partial charge in [-0.15, -0.1) is 0 Å². The minimum absolute atomic E-state index is 0. The first-order valence-electron chi connectivity index (χ1n) is 0. The molecule has 0 fully saturated rings. The van der Waals surface area contributed by atoms with Crippen LogP contribution in [0.5, 0.6) is 0 Å². The van der Waals surface area contributed by atoms with Crippen molar-refractivity contribution in [1.29, 1.82) is 0 Å². The van der Waals surface area contributed by atoms with Gasteiger partial charge in [0, 0.05) is 35.6 Å². The van der Waals surface area contributed by atoms with Crippen LogP contribution in [0.3, 0.4) is 0 Å². The Hall–Kier alpha value is 3.15. The summed E-state index contributed by atoms with van der Waals surface area (Å²) in [4.78, 5) is 0. The Morgan fingerprint density at radius 2 is 1.25 bits per heavy atom. The first-order valence-corrected chi connectivity index (χ1v) is 0. The first-order chi connectivity index (χ1) is 0. The first kappa shape index (κ1) is 27.2. The second-order valence-corrected chi connectivity index (χ2v) is 0. The Kier molecular flexibility index (Phi) is 112. The van der Waals surface area contributed by atoms with Gasteiger partial charge < -0.3 is 8.33 Å². The summed E-state index contributed by atoms with van der Waals surface area (Å²) >= 11 is 0. The minimum Gasteiger partial charge on any atom is -2.00 e. The molecule has 0 heterocycles. The van der Waals surface area contributed by atoms with E-state index >= 15 is 0 Å². The molecule has 2 radical (unpaired) electrons. The monoisotopic (exact) mass is 308 g/mol. The Labute approximate surface area is 104 Å². The van der Waals surface area contributed by atoms with Gasteiger partial charge in [0.15, 0.2) is 0 Å². The van der Waals surface area contributed by atoms with Gasteiger partial charge >= 0.3 is 62.6 Å².